The minimum atomic E-state index is 1.31. The molecule has 3 aromatic rings. The third-order valence-electron chi connectivity index (χ3n) is 2.59. The Kier molecular flexibility index (Phi) is 2.21. The van der Waals surface area contributed by atoms with E-state index in [0.717, 1.165) is 0 Å². The van der Waals surface area contributed by atoms with Crippen molar-refractivity contribution in [1.29, 1.82) is 0 Å². The number of hydrogen-bond acceptors (Lipinski definition) is 1. The molecule has 0 aliphatic carbocycles. The van der Waals surface area contributed by atoms with Crippen LogP contribution < -0.4 is 0 Å². The molecule has 2 aromatic carbocycles. The summed E-state index contributed by atoms with van der Waals surface area (Å²) < 4.78 is 4.08. The maximum atomic E-state index is 2.37. The summed E-state index contributed by atoms with van der Waals surface area (Å²) in [7, 11) is 0. The molecule has 3 rings (SSSR count). The van der Waals surface area contributed by atoms with Crippen molar-refractivity contribution in [3.63, 3.8) is 0 Å². The molecule has 0 atom stereocenters. The summed E-state index contributed by atoms with van der Waals surface area (Å²) in [5.74, 6) is 0. The second-order valence-electron chi connectivity index (χ2n) is 3.74. The fourth-order valence-electron chi connectivity index (χ4n) is 1.86. The number of thiophene rings is 1. The van der Waals surface area contributed by atoms with E-state index >= 15 is 0 Å². The Hall–Kier alpha value is -0.610. The van der Waals surface area contributed by atoms with Gasteiger partial charge in [0.15, 0.2) is 0 Å². The quantitative estimate of drug-likeness (QED) is 0.512. The monoisotopic (exact) mass is 324 g/mol. The van der Waals surface area contributed by atoms with Gasteiger partial charge in [0.2, 0.25) is 0 Å². The zero-order chi connectivity index (χ0) is 10.4. The standard InChI is InChI=1S/C13H9IS/c1-8-2-4-12-10(6-8)11-7-9(14)3-5-13(11)15-12/h2-7H,1H3. The molecule has 0 bridgehead atoms. The minimum Gasteiger partial charge on any atom is -0.135 e. The lowest BCUT2D eigenvalue weighted by Gasteiger charge is -1.94. The average molecular weight is 324 g/mol. The van der Waals surface area contributed by atoms with Crippen LogP contribution in [0, 0.1) is 10.5 Å². The smallest absolute Gasteiger partial charge is 0.0356 e. The molecule has 2 heteroatoms. The lowest BCUT2D eigenvalue weighted by molar-refractivity contribution is 1.52. The van der Waals surface area contributed by atoms with Gasteiger partial charge in [0.05, 0.1) is 0 Å². The van der Waals surface area contributed by atoms with E-state index in [4.69, 9.17) is 0 Å². The molecule has 0 fully saturated rings. The summed E-state index contributed by atoms with van der Waals surface area (Å²) in [6.45, 7) is 2.15. The van der Waals surface area contributed by atoms with E-state index in [0.29, 0.717) is 0 Å². The molecule has 1 heterocycles. The molecule has 74 valence electrons. The predicted octanol–water partition coefficient (Wildman–Crippen LogP) is 4.97. The zero-order valence-electron chi connectivity index (χ0n) is 8.25. The Bertz CT molecular complexity index is 596. The van der Waals surface area contributed by atoms with E-state index in [9.17, 15) is 0 Å². The van der Waals surface area contributed by atoms with Crippen LogP contribution in [0.4, 0.5) is 0 Å². The molecular formula is C13H9IS. The molecule has 0 radical (unpaired) electrons. The third kappa shape index (κ3) is 1.56. The van der Waals surface area contributed by atoms with E-state index in [1.807, 2.05) is 11.3 Å². The highest BCUT2D eigenvalue weighted by Gasteiger charge is 2.04. The fourth-order valence-corrected chi connectivity index (χ4v) is 3.42. The summed E-state index contributed by atoms with van der Waals surface area (Å²) in [5.41, 5.74) is 1.33. The van der Waals surface area contributed by atoms with Crippen molar-refractivity contribution in [2.45, 2.75) is 6.92 Å². The predicted molar refractivity (Wildman–Crippen MR) is 76.8 cm³/mol. The molecule has 0 aliphatic heterocycles. The van der Waals surface area contributed by atoms with E-state index in [2.05, 4.69) is 65.9 Å². The van der Waals surface area contributed by atoms with E-state index in [1.165, 1.54) is 29.3 Å². The first-order valence-electron chi connectivity index (χ1n) is 4.82. The van der Waals surface area contributed by atoms with Crippen LogP contribution in [0.3, 0.4) is 0 Å². The van der Waals surface area contributed by atoms with Crippen LogP contribution in [0.5, 0.6) is 0 Å². The van der Waals surface area contributed by atoms with Crippen molar-refractivity contribution < 1.29 is 0 Å². The van der Waals surface area contributed by atoms with Gasteiger partial charge in [-0.1, -0.05) is 11.6 Å². The molecule has 0 unspecified atom stereocenters. The van der Waals surface area contributed by atoms with Gasteiger partial charge < -0.3 is 0 Å². The first-order valence-corrected chi connectivity index (χ1v) is 6.72. The third-order valence-corrected chi connectivity index (χ3v) is 4.41. The summed E-state index contributed by atoms with van der Waals surface area (Å²) >= 11 is 4.25. The number of hydrogen-bond donors (Lipinski definition) is 0. The van der Waals surface area contributed by atoms with Gasteiger partial charge in [0.25, 0.3) is 0 Å². The number of aryl methyl sites for hydroxylation is 1. The molecule has 0 saturated carbocycles. The van der Waals surface area contributed by atoms with Crippen molar-refractivity contribution in [3.8, 4) is 0 Å². The topological polar surface area (TPSA) is 0 Å². The molecule has 0 spiro atoms. The van der Waals surface area contributed by atoms with Crippen LogP contribution in [-0.2, 0) is 0 Å². The number of rotatable bonds is 0. The van der Waals surface area contributed by atoms with Crippen LogP contribution in [0.1, 0.15) is 5.56 Å². The van der Waals surface area contributed by atoms with Gasteiger partial charge in [-0.25, -0.2) is 0 Å². The molecule has 15 heavy (non-hydrogen) atoms. The average Bonchev–Trinajstić information content (AvgIpc) is 2.56. The van der Waals surface area contributed by atoms with Gasteiger partial charge in [0, 0.05) is 23.7 Å². The minimum absolute atomic E-state index is 1.31. The summed E-state index contributed by atoms with van der Waals surface area (Å²) in [4.78, 5) is 0. The highest BCUT2D eigenvalue weighted by atomic mass is 127. The summed E-state index contributed by atoms with van der Waals surface area (Å²) in [6.07, 6.45) is 0. The Morgan fingerprint density at radius 2 is 1.60 bits per heavy atom. The van der Waals surface area contributed by atoms with E-state index < -0.39 is 0 Å². The van der Waals surface area contributed by atoms with Crippen LogP contribution in [0.25, 0.3) is 20.2 Å². The maximum absolute atomic E-state index is 2.37. The molecular weight excluding hydrogens is 315 g/mol. The highest BCUT2D eigenvalue weighted by Crippen LogP contribution is 2.34. The first kappa shape index (κ1) is 9.60. The Morgan fingerprint density at radius 1 is 0.933 bits per heavy atom. The van der Waals surface area contributed by atoms with Crippen molar-refractivity contribution >= 4 is 54.1 Å². The van der Waals surface area contributed by atoms with Gasteiger partial charge in [-0.15, -0.1) is 11.3 Å². The first-order chi connectivity index (χ1) is 7.24. The van der Waals surface area contributed by atoms with E-state index in [1.54, 1.807) is 0 Å². The van der Waals surface area contributed by atoms with Crippen molar-refractivity contribution in [2.75, 3.05) is 0 Å². The number of halogens is 1. The highest BCUT2D eigenvalue weighted by molar-refractivity contribution is 14.1. The maximum Gasteiger partial charge on any atom is 0.0356 e. The fraction of sp³-hybridized carbons (Fsp3) is 0.0769. The second-order valence-corrected chi connectivity index (χ2v) is 6.07. The number of benzene rings is 2. The summed E-state index contributed by atoms with van der Waals surface area (Å²) in [6, 6.07) is 13.4. The van der Waals surface area contributed by atoms with Crippen molar-refractivity contribution in [3.05, 3.63) is 45.5 Å². The molecule has 1 aromatic heterocycles. The molecule has 0 N–H and O–H groups in total. The van der Waals surface area contributed by atoms with Gasteiger partial charge in [-0.05, 0) is 59.8 Å². The van der Waals surface area contributed by atoms with Gasteiger partial charge in [-0.3, -0.25) is 0 Å². The Balaban J connectivity index is 2.55. The molecule has 0 amide bonds. The van der Waals surface area contributed by atoms with Crippen LogP contribution in [0.2, 0.25) is 0 Å². The lowest BCUT2D eigenvalue weighted by Crippen LogP contribution is -1.72. The van der Waals surface area contributed by atoms with E-state index in [-0.39, 0.29) is 0 Å². The second kappa shape index (κ2) is 3.46. The Labute approximate surface area is 106 Å². The molecule has 0 saturated heterocycles. The van der Waals surface area contributed by atoms with Crippen molar-refractivity contribution in [1.82, 2.24) is 0 Å². The largest absolute Gasteiger partial charge is 0.135 e. The summed E-state index contributed by atoms with van der Waals surface area (Å²) in [5, 5.41) is 2.79. The lowest BCUT2D eigenvalue weighted by atomic mass is 10.1. The SMILES string of the molecule is Cc1ccc2sc3ccc(I)cc3c2c1. The normalized spacial score (nSPS) is 11.3. The molecule has 0 aliphatic rings. The van der Waals surface area contributed by atoms with Crippen LogP contribution in [0.15, 0.2) is 36.4 Å². The molecule has 0 nitrogen and oxygen atoms in total. The zero-order valence-corrected chi connectivity index (χ0v) is 11.2. The van der Waals surface area contributed by atoms with Crippen molar-refractivity contribution in [2.24, 2.45) is 0 Å². The van der Waals surface area contributed by atoms with Crippen LogP contribution >= 0.6 is 33.9 Å². The van der Waals surface area contributed by atoms with Gasteiger partial charge >= 0.3 is 0 Å². The van der Waals surface area contributed by atoms with Gasteiger partial charge in [-0.2, -0.15) is 0 Å². The number of fused-ring (bicyclic) bond motifs is 3. The van der Waals surface area contributed by atoms with Crippen LogP contribution in [-0.4, -0.2) is 0 Å². The van der Waals surface area contributed by atoms with Gasteiger partial charge in [0.1, 0.15) is 0 Å². The Morgan fingerprint density at radius 3 is 2.40 bits per heavy atom.